The summed E-state index contributed by atoms with van der Waals surface area (Å²) in [6, 6.07) is 8.61. The van der Waals surface area contributed by atoms with E-state index in [1.807, 2.05) is 20.8 Å². The average Bonchev–Trinajstić information content (AvgIpc) is 2.63. The number of allylic oxidation sites excluding steroid dienone is 2. The first-order valence-corrected chi connectivity index (χ1v) is 10.3. The van der Waals surface area contributed by atoms with Crippen molar-refractivity contribution in [1.82, 2.24) is 0 Å². The molecule has 0 aliphatic carbocycles. The second-order valence-corrected chi connectivity index (χ2v) is 6.39. The third-order valence-electron chi connectivity index (χ3n) is 3.86. The monoisotopic (exact) mass is 346 g/mol. The van der Waals surface area contributed by atoms with Crippen molar-refractivity contribution in [2.24, 2.45) is 5.92 Å². The van der Waals surface area contributed by atoms with Gasteiger partial charge in [0, 0.05) is 6.42 Å². The zero-order chi connectivity index (χ0) is 19.5. The fraction of sp³-hybridized carbons (Fsp3) is 0.625. The zero-order valence-corrected chi connectivity index (χ0v) is 17.9. The van der Waals surface area contributed by atoms with Gasteiger partial charge in [0.1, 0.15) is 0 Å². The number of rotatable bonds is 9. The summed E-state index contributed by atoms with van der Waals surface area (Å²) in [7, 11) is 0. The smallest absolute Gasteiger partial charge is 0.155 e. The highest BCUT2D eigenvalue weighted by Gasteiger charge is 1.98. The van der Waals surface area contributed by atoms with Gasteiger partial charge in [0.15, 0.2) is 5.78 Å². The van der Waals surface area contributed by atoms with Crippen molar-refractivity contribution >= 4 is 5.78 Å². The van der Waals surface area contributed by atoms with Gasteiger partial charge in [-0.05, 0) is 43.7 Å². The summed E-state index contributed by atoms with van der Waals surface area (Å²) in [5.41, 5.74) is 2.78. The summed E-state index contributed by atoms with van der Waals surface area (Å²) in [5.74, 6) is 0.831. The van der Waals surface area contributed by atoms with Crippen molar-refractivity contribution < 1.29 is 4.79 Å². The molecule has 0 aliphatic heterocycles. The van der Waals surface area contributed by atoms with Crippen LogP contribution in [0.3, 0.4) is 0 Å². The van der Waals surface area contributed by atoms with E-state index in [0.29, 0.717) is 12.3 Å². The molecule has 0 amide bonds. The molecule has 0 heterocycles. The van der Waals surface area contributed by atoms with Crippen LogP contribution >= 0.6 is 0 Å². The van der Waals surface area contributed by atoms with Gasteiger partial charge >= 0.3 is 0 Å². The van der Waals surface area contributed by atoms with E-state index >= 15 is 0 Å². The predicted octanol–water partition coefficient (Wildman–Crippen LogP) is 7.71. The Morgan fingerprint density at radius 2 is 1.76 bits per heavy atom. The molecule has 0 aliphatic rings. The van der Waals surface area contributed by atoms with Gasteiger partial charge in [-0.25, -0.2) is 0 Å². The highest BCUT2D eigenvalue weighted by atomic mass is 16.1. The van der Waals surface area contributed by atoms with Crippen LogP contribution in [-0.2, 0) is 11.2 Å². The number of carbonyl (C=O) groups is 1. The molecule has 0 aromatic heterocycles. The molecule has 0 bridgehead atoms. The standard InChI is InChI=1S/C13H24O.C9H12.C2H6/c1-4-6-7-9-12(3)10-11-13(14)8-5-2;1-3-9-6-4-5-8(2)7-9;1-2/h10-12H,4-9H2,1-3H3;4-7H,3H2,1-2H3;1-2H3/b11-10-;;. The highest BCUT2D eigenvalue weighted by molar-refractivity contribution is 5.89. The van der Waals surface area contributed by atoms with Crippen LogP contribution in [0.1, 0.15) is 91.2 Å². The molecule has 1 rings (SSSR count). The molecule has 1 aromatic rings. The van der Waals surface area contributed by atoms with Gasteiger partial charge in [0.05, 0.1) is 0 Å². The summed E-state index contributed by atoms with van der Waals surface area (Å²) in [6.07, 6.45) is 11.7. The molecular weight excluding hydrogens is 304 g/mol. The topological polar surface area (TPSA) is 17.1 Å². The van der Waals surface area contributed by atoms with Crippen LogP contribution in [0.4, 0.5) is 0 Å². The van der Waals surface area contributed by atoms with Gasteiger partial charge in [0.25, 0.3) is 0 Å². The second kappa shape index (κ2) is 19.0. The zero-order valence-electron chi connectivity index (χ0n) is 17.9. The molecule has 1 heteroatoms. The molecule has 1 atom stereocenters. The molecule has 0 N–H and O–H groups in total. The molecular formula is C24H42O. The first-order chi connectivity index (χ1) is 12.0. The summed E-state index contributed by atoms with van der Waals surface area (Å²) < 4.78 is 0. The minimum absolute atomic E-state index is 0.273. The van der Waals surface area contributed by atoms with E-state index in [4.69, 9.17) is 0 Å². The van der Waals surface area contributed by atoms with Gasteiger partial charge in [0.2, 0.25) is 0 Å². The fourth-order valence-corrected chi connectivity index (χ4v) is 2.35. The summed E-state index contributed by atoms with van der Waals surface area (Å²) in [4.78, 5) is 11.2. The Balaban J connectivity index is 0. The Bertz CT molecular complexity index is 445. The molecule has 1 aromatic carbocycles. The SMILES string of the molecule is CC.CCCCCC(C)/C=C\C(=O)CCC.CCc1cccc(C)c1. The third kappa shape index (κ3) is 17.2. The first-order valence-electron chi connectivity index (χ1n) is 10.3. The van der Waals surface area contributed by atoms with E-state index in [1.165, 1.54) is 36.8 Å². The lowest BCUT2D eigenvalue weighted by molar-refractivity contribution is -0.114. The number of hydrogen-bond acceptors (Lipinski definition) is 1. The molecule has 1 unspecified atom stereocenters. The lowest BCUT2D eigenvalue weighted by Crippen LogP contribution is -1.94. The average molecular weight is 347 g/mol. The Labute approximate surface area is 157 Å². The Hall–Kier alpha value is -1.37. The molecule has 0 spiro atoms. The van der Waals surface area contributed by atoms with Crippen molar-refractivity contribution in [1.29, 1.82) is 0 Å². The summed E-state index contributed by atoms with van der Waals surface area (Å²) in [5, 5.41) is 0. The molecule has 1 nitrogen and oxygen atoms in total. The molecule has 0 radical (unpaired) electrons. The Morgan fingerprint density at radius 1 is 1.08 bits per heavy atom. The third-order valence-corrected chi connectivity index (χ3v) is 3.86. The molecule has 0 saturated heterocycles. The van der Waals surface area contributed by atoms with E-state index in [2.05, 4.69) is 58.0 Å². The number of hydrogen-bond donors (Lipinski definition) is 0. The number of aryl methyl sites for hydroxylation is 2. The maximum atomic E-state index is 11.2. The van der Waals surface area contributed by atoms with Crippen LogP contribution in [0.15, 0.2) is 36.4 Å². The van der Waals surface area contributed by atoms with E-state index in [1.54, 1.807) is 6.08 Å². The maximum Gasteiger partial charge on any atom is 0.155 e. The quantitative estimate of drug-likeness (QED) is 0.330. The molecule has 144 valence electrons. The minimum atomic E-state index is 0.273. The van der Waals surface area contributed by atoms with Crippen LogP contribution in [0.2, 0.25) is 0 Å². The van der Waals surface area contributed by atoms with E-state index in [0.717, 1.165) is 12.8 Å². The van der Waals surface area contributed by atoms with Crippen molar-refractivity contribution in [2.45, 2.75) is 93.4 Å². The van der Waals surface area contributed by atoms with Crippen LogP contribution in [0, 0.1) is 12.8 Å². The highest BCUT2D eigenvalue weighted by Crippen LogP contribution is 2.10. The van der Waals surface area contributed by atoms with Crippen LogP contribution < -0.4 is 0 Å². The summed E-state index contributed by atoms with van der Waals surface area (Å²) >= 11 is 0. The van der Waals surface area contributed by atoms with Gasteiger partial charge in [-0.1, -0.05) is 96.7 Å². The van der Waals surface area contributed by atoms with Crippen LogP contribution in [0.25, 0.3) is 0 Å². The van der Waals surface area contributed by atoms with Gasteiger partial charge in [-0.2, -0.15) is 0 Å². The number of unbranched alkanes of at least 4 members (excludes halogenated alkanes) is 2. The Kier molecular flexibility index (Phi) is 19.6. The predicted molar refractivity (Wildman–Crippen MR) is 114 cm³/mol. The molecule has 0 saturated carbocycles. The summed E-state index contributed by atoms with van der Waals surface area (Å²) in [6.45, 7) is 14.7. The lowest BCUT2D eigenvalue weighted by Gasteiger charge is -2.04. The number of ketones is 1. The van der Waals surface area contributed by atoms with Crippen molar-refractivity contribution in [2.75, 3.05) is 0 Å². The van der Waals surface area contributed by atoms with E-state index in [9.17, 15) is 4.79 Å². The van der Waals surface area contributed by atoms with E-state index < -0.39 is 0 Å². The maximum absolute atomic E-state index is 11.2. The lowest BCUT2D eigenvalue weighted by atomic mass is 10.0. The van der Waals surface area contributed by atoms with Crippen molar-refractivity contribution in [3.63, 3.8) is 0 Å². The van der Waals surface area contributed by atoms with Crippen LogP contribution in [0.5, 0.6) is 0 Å². The number of benzene rings is 1. The normalized spacial score (nSPS) is 11.2. The molecule has 0 fully saturated rings. The second-order valence-electron chi connectivity index (χ2n) is 6.39. The molecule has 25 heavy (non-hydrogen) atoms. The Morgan fingerprint density at radius 3 is 2.24 bits per heavy atom. The number of carbonyl (C=O) groups excluding carboxylic acids is 1. The van der Waals surface area contributed by atoms with E-state index in [-0.39, 0.29) is 5.78 Å². The fourth-order valence-electron chi connectivity index (χ4n) is 2.35. The van der Waals surface area contributed by atoms with Crippen molar-refractivity contribution in [3.8, 4) is 0 Å². The largest absolute Gasteiger partial charge is 0.295 e. The van der Waals surface area contributed by atoms with Crippen LogP contribution in [-0.4, -0.2) is 5.78 Å². The first kappa shape index (κ1) is 25.9. The minimum Gasteiger partial charge on any atom is -0.295 e. The van der Waals surface area contributed by atoms with Gasteiger partial charge < -0.3 is 0 Å². The van der Waals surface area contributed by atoms with Gasteiger partial charge in [-0.3, -0.25) is 4.79 Å². The van der Waals surface area contributed by atoms with Crippen molar-refractivity contribution in [3.05, 3.63) is 47.5 Å². The van der Waals surface area contributed by atoms with Gasteiger partial charge in [-0.15, -0.1) is 0 Å².